The van der Waals surface area contributed by atoms with E-state index in [1.54, 1.807) is 12.1 Å². The van der Waals surface area contributed by atoms with Crippen LogP contribution in [0.4, 0.5) is 5.69 Å². The molecule has 0 saturated heterocycles. The Labute approximate surface area is 116 Å². The van der Waals surface area contributed by atoms with Crippen LogP contribution in [-0.4, -0.2) is 39.9 Å². The molecule has 0 aliphatic heterocycles. The number of benzene rings is 1. The van der Waals surface area contributed by atoms with Gasteiger partial charge in [0.1, 0.15) is 6.04 Å². The fourth-order valence-corrected chi connectivity index (χ4v) is 1.63. The van der Waals surface area contributed by atoms with Crippen molar-refractivity contribution in [2.24, 2.45) is 0 Å². The minimum atomic E-state index is -1.07. The van der Waals surface area contributed by atoms with E-state index in [-0.39, 0.29) is 18.0 Å². The van der Waals surface area contributed by atoms with Crippen LogP contribution in [0.3, 0.4) is 0 Å². The highest BCUT2D eigenvalue weighted by Crippen LogP contribution is 2.15. The summed E-state index contributed by atoms with van der Waals surface area (Å²) >= 11 is 0. The predicted octanol–water partition coefficient (Wildman–Crippen LogP) is 1.46. The van der Waals surface area contributed by atoms with E-state index in [0.29, 0.717) is 12.0 Å². The number of nitro groups is 1. The molecule has 0 radical (unpaired) electrons. The van der Waals surface area contributed by atoms with Crippen molar-refractivity contribution in [3.63, 3.8) is 0 Å². The molecule has 0 fully saturated rings. The summed E-state index contributed by atoms with van der Waals surface area (Å²) in [6.07, 6.45) is 0.437. The molecule has 0 aliphatic rings. The second-order valence-corrected chi connectivity index (χ2v) is 4.45. The molecule has 20 heavy (non-hydrogen) atoms. The zero-order valence-electron chi connectivity index (χ0n) is 11.3. The zero-order valence-corrected chi connectivity index (χ0v) is 11.3. The van der Waals surface area contributed by atoms with E-state index in [1.165, 1.54) is 26.1 Å². The lowest BCUT2D eigenvalue weighted by Crippen LogP contribution is -2.40. The maximum atomic E-state index is 11.8. The van der Waals surface area contributed by atoms with Crippen LogP contribution in [0.15, 0.2) is 24.3 Å². The largest absolute Gasteiger partial charge is 0.480 e. The third kappa shape index (κ3) is 4.04. The molecule has 108 valence electrons. The van der Waals surface area contributed by atoms with Gasteiger partial charge in [-0.15, -0.1) is 0 Å². The van der Waals surface area contributed by atoms with Crippen LogP contribution in [0.1, 0.15) is 18.9 Å². The fourth-order valence-electron chi connectivity index (χ4n) is 1.63. The number of hydrogen-bond acceptors (Lipinski definition) is 4. The summed E-state index contributed by atoms with van der Waals surface area (Å²) in [5, 5.41) is 19.4. The predicted molar refractivity (Wildman–Crippen MR) is 71.3 cm³/mol. The second kappa shape index (κ2) is 6.65. The Morgan fingerprint density at radius 1 is 1.45 bits per heavy atom. The van der Waals surface area contributed by atoms with Crippen LogP contribution in [-0.2, 0) is 16.0 Å². The number of carboxylic acids is 1. The Morgan fingerprint density at radius 2 is 2.10 bits per heavy atom. The van der Waals surface area contributed by atoms with Gasteiger partial charge in [-0.05, 0) is 18.9 Å². The molecule has 0 saturated carbocycles. The number of amides is 1. The molecular weight excluding hydrogens is 264 g/mol. The van der Waals surface area contributed by atoms with Crippen molar-refractivity contribution in [2.75, 3.05) is 7.05 Å². The smallest absolute Gasteiger partial charge is 0.326 e. The van der Waals surface area contributed by atoms with Crippen molar-refractivity contribution in [3.05, 3.63) is 39.9 Å². The summed E-state index contributed by atoms with van der Waals surface area (Å²) < 4.78 is 0. The van der Waals surface area contributed by atoms with Crippen LogP contribution in [0.5, 0.6) is 0 Å². The Kier molecular flexibility index (Phi) is 5.19. The number of hydrogen-bond donors (Lipinski definition) is 1. The number of likely N-dealkylation sites (N-methyl/N-ethyl adjacent to an activating group) is 1. The monoisotopic (exact) mass is 280 g/mol. The highest BCUT2D eigenvalue weighted by atomic mass is 16.6. The van der Waals surface area contributed by atoms with Gasteiger partial charge in [-0.2, -0.15) is 0 Å². The number of nitrogens with zero attached hydrogens (tertiary/aromatic N) is 2. The number of non-ortho nitro benzene ring substituents is 1. The number of aryl methyl sites for hydroxylation is 1. The Balaban J connectivity index is 2.63. The summed E-state index contributed by atoms with van der Waals surface area (Å²) in [5.41, 5.74) is 0.645. The Hall–Kier alpha value is -2.44. The molecule has 1 aromatic carbocycles. The second-order valence-electron chi connectivity index (χ2n) is 4.45. The van der Waals surface area contributed by atoms with Crippen molar-refractivity contribution >= 4 is 17.6 Å². The minimum Gasteiger partial charge on any atom is -0.480 e. The van der Waals surface area contributed by atoms with Gasteiger partial charge < -0.3 is 10.0 Å². The van der Waals surface area contributed by atoms with Crippen molar-refractivity contribution in [3.8, 4) is 0 Å². The molecule has 0 aromatic heterocycles. The quantitative estimate of drug-likeness (QED) is 0.628. The number of rotatable bonds is 6. The topological polar surface area (TPSA) is 101 Å². The highest BCUT2D eigenvalue weighted by molar-refractivity contribution is 5.83. The molecular formula is C13H16N2O5. The van der Waals surface area contributed by atoms with E-state index in [2.05, 4.69) is 0 Å². The van der Waals surface area contributed by atoms with Crippen molar-refractivity contribution in [1.29, 1.82) is 0 Å². The van der Waals surface area contributed by atoms with Crippen LogP contribution < -0.4 is 0 Å². The molecule has 7 heteroatoms. The summed E-state index contributed by atoms with van der Waals surface area (Å²) in [7, 11) is 1.43. The maximum absolute atomic E-state index is 11.8. The lowest BCUT2D eigenvalue weighted by atomic mass is 10.1. The molecule has 1 unspecified atom stereocenters. The average molecular weight is 280 g/mol. The first kappa shape index (κ1) is 15.6. The third-order valence-electron chi connectivity index (χ3n) is 3.08. The number of carboxylic acid groups (broad SMARTS) is 1. The number of aliphatic carboxylic acids is 1. The fraction of sp³-hybridized carbons (Fsp3) is 0.385. The molecule has 1 N–H and O–H groups in total. The van der Waals surface area contributed by atoms with Crippen molar-refractivity contribution in [1.82, 2.24) is 4.90 Å². The van der Waals surface area contributed by atoms with Crippen LogP contribution in [0.2, 0.25) is 0 Å². The first-order valence-electron chi connectivity index (χ1n) is 6.04. The molecule has 7 nitrogen and oxygen atoms in total. The maximum Gasteiger partial charge on any atom is 0.326 e. The van der Waals surface area contributed by atoms with Gasteiger partial charge in [0.25, 0.3) is 5.69 Å². The third-order valence-corrected chi connectivity index (χ3v) is 3.08. The molecule has 0 spiro atoms. The lowest BCUT2D eigenvalue weighted by Gasteiger charge is -2.21. The molecule has 0 heterocycles. The summed E-state index contributed by atoms with van der Waals surface area (Å²) in [6.45, 7) is 1.42. The molecule has 1 amide bonds. The SMILES string of the molecule is CC(C(=O)O)N(C)C(=O)CCc1cccc([N+](=O)[O-])c1. The summed E-state index contributed by atoms with van der Waals surface area (Å²) in [6, 6.07) is 5.15. The summed E-state index contributed by atoms with van der Waals surface area (Å²) in [5.74, 6) is -1.39. The number of nitro benzene ring substituents is 1. The lowest BCUT2D eigenvalue weighted by molar-refractivity contribution is -0.384. The van der Waals surface area contributed by atoms with E-state index in [4.69, 9.17) is 5.11 Å². The molecule has 1 rings (SSSR count). The minimum absolute atomic E-state index is 0.0257. The van der Waals surface area contributed by atoms with Crippen LogP contribution in [0, 0.1) is 10.1 Å². The van der Waals surface area contributed by atoms with Gasteiger partial charge in [0.15, 0.2) is 0 Å². The van der Waals surface area contributed by atoms with Gasteiger partial charge in [0.05, 0.1) is 4.92 Å². The van der Waals surface area contributed by atoms with E-state index >= 15 is 0 Å². The Bertz CT molecular complexity index is 529. The van der Waals surface area contributed by atoms with E-state index in [0.717, 1.165) is 4.90 Å². The Morgan fingerprint density at radius 3 is 2.65 bits per heavy atom. The van der Waals surface area contributed by atoms with Gasteiger partial charge in [0, 0.05) is 25.6 Å². The van der Waals surface area contributed by atoms with Gasteiger partial charge in [0.2, 0.25) is 5.91 Å². The van der Waals surface area contributed by atoms with E-state index < -0.39 is 16.9 Å². The standard InChI is InChI=1S/C13H16N2O5/c1-9(13(17)18)14(2)12(16)7-6-10-4-3-5-11(8-10)15(19)20/h3-5,8-9H,6-7H2,1-2H3,(H,17,18). The number of carbonyl (C=O) groups is 2. The zero-order chi connectivity index (χ0) is 15.3. The van der Waals surface area contributed by atoms with Crippen LogP contribution >= 0.6 is 0 Å². The van der Waals surface area contributed by atoms with Crippen molar-refractivity contribution < 1.29 is 19.6 Å². The summed E-state index contributed by atoms with van der Waals surface area (Å²) in [4.78, 5) is 33.9. The van der Waals surface area contributed by atoms with Gasteiger partial charge in [-0.1, -0.05) is 12.1 Å². The molecule has 1 atom stereocenters. The van der Waals surface area contributed by atoms with Crippen molar-refractivity contribution in [2.45, 2.75) is 25.8 Å². The van der Waals surface area contributed by atoms with Gasteiger partial charge >= 0.3 is 5.97 Å². The van der Waals surface area contributed by atoms with E-state index in [9.17, 15) is 19.7 Å². The van der Waals surface area contributed by atoms with Gasteiger partial charge in [-0.3, -0.25) is 14.9 Å². The normalized spacial score (nSPS) is 11.7. The highest BCUT2D eigenvalue weighted by Gasteiger charge is 2.21. The number of carbonyl (C=O) groups excluding carboxylic acids is 1. The first-order chi connectivity index (χ1) is 9.32. The van der Waals surface area contributed by atoms with Gasteiger partial charge in [-0.25, -0.2) is 4.79 Å². The molecule has 0 bridgehead atoms. The van der Waals surface area contributed by atoms with E-state index in [1.807, 2.05) is 0 Å². The molecule has 0 aliphatic carbocycles. The van der Waals surface area contributed by atoms with Crippen LogP contribution in [0.25, 0.3) is 0 Å². The molecule has 1 aromatic rings. The first-order valence-corrected chi connectivity index (χ1v) is 6.04. The average Bonchev–Trinajstić information content (AvgIpc) is 2.43.